The van der Waals surface area contributed by atoms with E-state index in [1.165, 1.54) is 27.9 Å². The number of anilines is 1. The maximum atomic E-state index is 4.56. The van der Waals surface area contributed by atoms with Crippen LogP contribution >= 0.6 is 0 Å². The van der Waals surface area contributed by atoms with Gasteiger partial charge >= 0.3 is 0 Å². The molecule has 1 fully saturated rings. The standard InChI is InChI=1S/C24H31N5/c1-16-8-10-24(11-9-16,25-22-7-6-17(2)13-20(22)5)23-26-27-28-29(23)21-14-18(3)12-19(4)15-21/h6-7,12-16,25H,8-11H2,1-5H3. The summed E-state index contributed by atoms with van der Waals surface area (Å²) in [6.07, 6.45) is 4.37. The van der Waals surface area contributed by atoms with E-state index in [1.54, 1.807) is 0 Å². The molecule has 0 amide bonds. The number of rotatable bonds is 4. The lowest BCUT2D eigenvalue weighted by Gasteiger charge is -2.40. The first-order valence-electron chi connectivity index (χ1n) is 10.6. The van der Waals surface area contributed by atoms with Crippen molar-refractivity contribution in [1.82, 2.24) is 20.2 Å². The van der Waals surface area contributed by atoms with Crippen molar-refractivity contribution in [3.05, 3.63) is 64.5 Å². The Hall–Kier alpha value is -2.69. The third-order valence-corrected chi connectivity index (χ3v) is 6.23. The van der Waals surface area contributed by atoms with Crippen molar-refractivity contribution in [1.29, 1.82) is 0 Å². The van der Waals surface area contributed by atoms with E-state index in [0.29, 0.717) is 0 Å². The van der Waals surface area contributed by atoms with Crippen LogP contribution in [-0.4, -0.2) is 20.2 Å². The van der Waals surface area contributed by atoms with Crippen molar-refractivity contribution < 1.29 is 0 Å². The Morgan fingerprint density at radius 2 is 1.62 bits per heavy atom. The third-order valence-electron chi connectivity index (χ3n) is 6.23. The van der Waals surface area contributed by atoms with Gasteiger partial charge in [-0.1, -0.05) is 30.7 Å². The second-order valence-corrected chi connectivity index (χ2v) is 8.97. The lowest BCUT2D eigenvalue weighted by Crippen LogP contribution is -2.41. The molecule has 1 aliphatic carbocycles. The SMILES string of the molecule is Cc1cc(C)cc(-n2nnnc2C2(Nc3ccc(C)cc3C)CCC(C)CC2)c1. The highest BCUT2D eigenvalue weighted by Crippen LogP contribution is 2.42. The second kappa shape index (κ2) is 7.62. The van der Waals surface area contributed by atoms with E-state index in [2.05, 4.69) is 91.9 Å². The number of aromatic nitrogens is 4. The van der Waals surface area contributed by atoms with Gasteiger partial charge in [0.25, 0.3) is 0 Å². The molecule has 29 heavy (non-hydrogen) atoms. The number of nitrogens with one attached hydrogen (secondary N) is 1. The Kier molecular flexibility index (Phi) is 5.15. The summed E-state index contributed by atoms with van der Waals surface area (Å²) >= 11 is 0. The molecule has 5 heteroatoms. The summed E-state index contributed by atoms with van der Waals surface area (Å²) in [4.78, 5) is 0. The maximum Gasteiger partial charge on any atom is 0.181 e. The van der Waals surface area contributed by atoms with E-state index in [0.717, 1.165) is 43.1 Å². The normalized spacial score (nSPS) is 21.9. The fourth-order valence-corrected chi connectivity index (χ4v) is 4.60. The van der Waals surface area contributed by atoms with Crippen LogP contribution in [0.1, 0.15) is 60.7 Å². The molecule has 0 spiro atoms. The summed E-state index contributed by atoms with van der Waals surface area (Å²) in [5, 5.41) is 16.9. The molecule has 0 saturated heterocycles. The first-order chi connectivity index (χ1) is 13.9. The molecule has 1 saturated carbocycles. The van der Waals surface area contributed by atoms with Crippen LogP contribution in [0.3, 0.4) is 0 Å². The fraction of sp³-hybridized carbons (Fsp3) is 0.458. The molecule has 4 rings (SSSR count). The molecule has 152 valence electrons. The van der Waals surface area contributed by atoms with E-state index < -0.39 is 0 Å². The van der Waals surface area contributed by atoms with Crippen LogP contribution in [0.4, 0.5) is 5.69 Å². The number of hydrogen-bond donors (Lipinski definition) is 1. The molecule has 3 aromatic rings. The zero-order valence-electron chi connectivity index (χ0n) is 18.2. The Morgan fingerprint density at radius 1 is 0.931 bits per heavy atom. The van der Waals surface area contributed by atoms with Gasteiger partial charge in [-0.3, -0.25) is 0 Å². The highest BCUT2D eigenvalue weighted by Gasteiger charge is 2.41. The number of hydrogen-bond acceptors (Lipinski definition) is 4. The number of tetrazole rings is 1. The van der Waals surface area contributed by atoms with Gasteiger partial charge < -0.3 is 5.32 Å². The minimum absolute atomic E-state index is 0.270. The Morgan fingerprint density at radius 3 is 2.28 bits per heavy atom. The van der Waals surface area contributed by atoms with Gasteiger partial charge in [0.05, 0.1) is 11.2 Å². The third kappa shape index (κ3) is 3.91. The average Bonchev–Trinajstić information content (AvgIpc) is 3.16. The topological polar surface area (TPSA) is 55.6 Å². The molecule has 0 atom stereocenters. The van der Waals surface area contributed by atoms with Crippen LogP contribution in [0.15, 0.2) is 36.4 Å². The van der Waals surface area contributed by atoms with Crippen LogP contribution in [0, 0.1) is 33.6 Å². The van der Waals surface area contributed by atoms with E-state index in [9.17, 15) is 0 Å². The number of aryl methyl sites for hydroxylation is 4. The summed E-state index contributed by atoms with van der Waals surface area (Å²) in [5.41, 5.74) is 6.90. The van der Waals surface area contributed by atoms with E-state index >= 15 is 0 Å². The van der Waals surface area contributed by atoms with Gasteiger partial charge in [0.2, 0.25) is 0 Å². The van der Waals surface area contributed by atoms with Crippen LogP contribution in [-0.2, 0) is 5.54 Å². The highest BCUT2D eigenvalue weighted by atomic mass is 15.6. The predicted octanol–water partition coefficient (Wildman–Crippen LogP) is 5.41. The van der Waals surface area contributed by atoms with Crippen LogP contribution in [0.5, 0.6) is 0 Å². The van der Waals surface area contributed by atoms with Gasteiger partial charge in [-0.2, -0.15) is 4.68 Å². The van der Waals surface area contributed by atoms with E-state index in [1.807, 2.05) is 4.68 Å². The minimum atomic E-state index is -0.270. The number of nitrogens with zero attached hydrogens (tertiary/aromatic N) is 4. The predicted molar refractivity (Wildman–Crippen MR) is 117 cm³/mol. The molecule has 0 aliphatic heterocycles. The molecular formula is C24H31N5. The molecule has 1 aromatic heterocycles. The zero-order chi connectivity index (χ0) is 20.6. The minimum Gasteiger partial charge on any atom is -0.372 e. The summed E-state index contributed by atoms with van der Waals surface area (Å²) in [6, 6.07) is 13.1. The first-order valence-corrected chi connectivity index (χ1v) is 10.6. The van der Waals surface area contributed by atoms with Gasteiger partial charge in [0.15, 0.2) is 5.82 Å². The van der Waals surface area contributed by atoms with E-state index in [-0.39, 0.29) is 5.54 Å². The largest absolute Gasteiger partial charge is 0.372 e. The molecule has 0 bridgehead atoms. The second-order valence-electron chi connectivity index (χ2n) is 8.97. The molecule has 1 N–H and O–H groups in total. The summed E-state index contributed by atoms with van der Waals surface area (Å²) < 4.78 is 1.94. The lowest BCUT2D eigenvalue weighted by molar-refractivity contribution is 0.255. The monoisotopic (exact) mass is 389 g/mol. The molecule has 2 aromatic carbocycles. The molecule has 0 radical (unpaired) electrons. The Labute approximate surface area is 173 Å². The molecule has 1 heterocycles. The van der Waals surface area contributed by atoms with E-state index in [4.69, 9.17) is 0 Å². The average molecular weight is 390 g/mol. The fourth-order valence-electron chi connectivity index (χ4n) is 4.60. The van der Waals surface area contributed by atoms with Crippen molar-refractivity contribution >= 4 is 5.69 Å². The van der Waals surface area contributed by atoms with Gasteiger partial charge in [-0.15, -0.1) is 5.10 Å². The van der Waals surface area contributed by atoms with Crippen molar-refractivity contribution in [3.8, 4) is 5.69 Å². The van der Waals surface area contributed by atoms with Crippen molar-refractivity contribution in [2.45, 2.75) is 65.8 Å². The summed E-state index contributed by atoms with van der Waals surface area (Å²) in [6.45, 7) is 10.9. The van der Waals surface area contributed by atoms with Gasteiger partial charge in [-0.25, -0.2) is 0 Å². The Bertz CT molecular complexity index is 992. The van der Waals surface area contributed by atoms with Crippen molar-refractivity contribution in [2.75, 3.05) is 5.32 Å². The Balaban J connectivity index is 1.80. The van der Waals surface area contributed by atoms with Crippen LogP contribution in [0.25, 0.3) is 5.69 Å². The first kappa shape index (κ1) is 19.6. The molecule has 5 nitrogen and oxygen atoms in total. The molecular weight excluding hydrogens is 358 g/mol. The van der Waals surface area contributed by atoms with Gasteiger partial charge in [-0.05, 0) is 105 Å². The van der Waals surface area contributed by atoms with Crippen molar-refractivity contribution in [3.63, 3.8) is 0 Å². The summed E-state index contributed by atoms with van der Waals surface area (Å²) in [5.74, 6) is 1.64. The highest BCUT2D eigenvalue weighted by molar-refractivity contribution is 5.54. The molecule has 1 aliphatic rings. The van der Waals surface area contributed by atoms with Crippen molar-refractivity contribution in [2.24, 2.45) is 5.92 Å². The number of benzene rings is 2. The quantitative estimate of drug-likeness (QED) is 0.648. The summed E-state index contributed by atoms with van der Waals surface area (Å²) in [7, 11) is 0. The van der Waals surface area contributed by atoms with Gasteiger partial charge in [0, 0.05) is 5.69 Å². The smallest absolute Gasteiger partial charge is 0.181 e. The zero-order valence-corrected chi connectivity index (χ0v) is 18.2. The van der Waals surface area contributed by atoms with Crippen LogP contribution in [0.2, 0.25) is 0 Å². The van der Waals surface area contributed by atoms with Crippen LogP contribution < -0.4 is 5.32 Å². The molecule has 0 unspecified atom stereocenters. The maximum absolute atomic E-state index is 4.56. The van der Waals surface area contributed by atoms with Gasteiger partial charge in [0.1, 0.15) is 0 Å². The lowest BCUT2D eigenvalue weighted by atomic mass is 9.76.